The van der Waals surface area contributed by atoms with E-state index in [0.717, 1.165) is 41.1 Å². The van der Waals surface area contributed by atoms with Gasteiger partial charge in [-0.05, 0) is 87.2 Å². The van der Waals surface area contributed by atoms with Crippen LogP contribution in [-0.2, 0) is 26.2 Å². The lowest BCUT2D eigenvalue weighted by molar-refractivity contribution is -0.139. The van der Waals surface area contributed by atoms with Crippen molar-refractivity contribution in [3.8, 4) is 5.75 Å². The van der Waals surface area contributed by atoms with E-state index in [9.17, 15) is 18.0 Å². The summed E-state index contributed by atoms with van der Waals surface area (Å²) in [7, 11) is -2.60. The van der Waals surface area contributed by atoms with Gasteiger partial charge in [0.25, 0.3) is 10.0 Å². The van der Waals surface area contributed by atoms with Gasteiger partial charge in [0.2, 0.25) is 11.8 Å². The van der Waals surface area contributed by atoms with Crippen molar-refractivity contribution in [1.82, 2.24) is 10.2 Å². The minimum absolute atomic E-state index is 0.0571. The fourth-order valence-electron chi connectivity index (χ4n) is 5.19. The Kier molecular flexibility index (Phi) is 10.2. The summed E-state index contributed by atoms with van der Waals surface area (Å²) in [5.41, 5.74) is 2.58. The van der Waals surface area contributed by atoms with E-state index >= 15 is 0 Å². The highest BCUT2D eigenvalue weighted by molar-refractivity contribution is 7.92. The topological polar surface area (TPSA) is 96.0 Å². The second-order valence-corrected chi connectivity index (χ2v) is 13.1. The highest BCUT2D eigenvalue weighted by Crippen LogP contribution is 2.30. The molecule has 1 aliphatic rings. The molecule has 1 fully saturated rings. The number of methoxy groups -OCH3 is 1. The summed E-state index contributed by atoms with van der Waals surface area (Å²) in [4.78, 5) is 29.0. The summed E-state index contributed by atoms with van der Waals surface area (Å²) >= 11 is 6.19. The monoisotopic (exact) mass is 611 g/mol. The molecule has 1 atom stereocenters. The summed E-state index contributed by atoms with van der Waals surface area (Å²) in [6.07, 6.45) is 3.91. The number of sulfonamides is 1. The van der Waals surface area contributed by atoms with Crippen LogP contribution in [0.15, 0.2) is 71.6 Å². The Hall–Kier alpha value is -3.56. The van der Waals surface area contributed by atoms with Crippen molar-refractivity contribution >= 4 is 39.1 Å². The molecule has 3 aromatic carbocycles. The number of hydrogen-bond donors (Lipinski definition) is 1. The van der Waals surface area contributed by atoms with Crippen molar-refractivity contribution in [3.05, 3.63) is 88.4 Å². The van der Waals surface area contributed by atoms with E-state index in [1.807, 2.05) is 19.1 Å². The lowest BCUT2D eigenvalue weighted by atomic mass is 10.1. The third-order valence-corrected chi connectivity index (χ3v) is 9.68. The van der Waals surface area contributed by atoms with Crippen molar-refractivity contribution in [2.24, 2.45) is 0 Å². The van der Waals surface area contributed by atoms with E-state index in [1.165, 1.54) is 17.0 Å². The first-order chi connectivity index (χ1) is 20.0. The third-order valence-electron chi connectivity index (χ3n) is 7.67. The summed E-state index contributed by atoms with van der Waals surface area (Å²) in [5, 5.41) is 3.53. The molecule has 3 aromatic rings. The minimum Gasteiger partial charge on any atom is -0.497 e. The van der Waals surface area contributed by atoms with Gasteiger partial charge in [-0.1, -0.05) is 54.3 Å². The van der Waals surface area contributed by atoms with Gasteiger partial charge in [-0.2, -0.15) is 0 Å². The molecule has 224 valence electrons. The van der Waals surface area contributed by atoms with E-state index in [2.05, 4.69) is 5.32 Å². The maximum Gasteiger partial charge on any atom is 0.264 e. The summed E-state index contributed by atoms with van der Waals surface area (Å²) in [6.45, 7) is 4.87. The Morgan fingerprint density at radius 3 is 2.36 bits per heavy atom. The number of hydrogen-bond acceptors (Lipinski definition) is 5. The van der Waals surface area contributed by atoms with Gasteiger partial charge in [0, 0.05) is 17.6 Å². The number of carbonyl (C=O) groups is 2. The van der Waals surface area contributed by atoms with Crippen LogP contribution in [0.5, 0.6) is 5.75 Å². The number of amides is 2. The number of benzene rings is 3. The quantitative estimate of drug-likeness (QED) is 0.303. The van der Waals surface area contributed by atoms with Gasteiger partial charge in [-0.25, -0.2) is 8.42 Å². The van der Waals surface area contributed by atoms with Crippen molar-refractivity contribution in [2.75, 3.05) is 18.0 Å². The minimum atomic E-state index is -4.16. The molecule has 42 heavy (non-hydrogen) atoms. The Balaban J connectivity index is 1.72. The SMILES string of the molecule is COc1cccc(CN(C(=O)CN(c2ccc(Cl)cc2C)S(=O)(=O)c2ccc(C)cc2)C(C)C(=O)NC2CCCC2)c1. The number of ether oxygens (including phenoxy) is 1. The van der Waals surface area contributed by atoms with Crippen LogP contribution in [0.1, 0.15) is 49.3 Å². The van der Waals surface area contributed by atoms with Crippen LogP contribution in [-0.4, -0.2) is 50.9 Å². The fourth-order valence-corrected chi connectivity index (χ4v) is 6.90. The lowest BCUT2D eigenvalue weighted by Crippen LogP contribution is -2.52. The average Bonchev–Trinajstić information content (AvgIpc) is 3.48. The zero-order valence-corrected chi connectivity index (χ0v) is 26.0. The molecule has 0 aliphatic heterocycles. The number of rotatable bonds is 11. The molecule has 1 unspecified atom stereocenters. The van der Waals surface area contributed by atoms with Gasteiger partial charge >= 0.3 is 0 Å². The van der Waals surface area contributed by atoms with Crippen LogP contribution < -0.4 is 14.4 Å². The predicted molar refractivity (Wildman–Crippen MR) is 165 cm³/mol. The maximum absolute atomic E-state index is 14.2. The zero-order chi connectivity index (χ0) is 30.4. The molecule has 8 nitrogen and oxygen atoms in total. The number of carbonyl (C=O) groups excluding carboxylic acids is 2. The van der Waals surface area contributed by atoms with E-state index in [0.29, 0.717) is 22.0 Å². The van der Waals surface area contributed by atoms with Crippen LogP contribution in [0.4, 0.5) is 5.69 Å². The van der Waals surface area contributed by atoms with Crippen LogP contribution >= 0.6 is 11.6 Å². The van der Waals surface area contributed by atoms with Crippen molar-refractivity contribution in [2.45, 2.75) is 70.0 Å². The largest absolute Gasteiger partial charge is 0.497 e. The van der Waals surface area contributed by atoms with Crippen molar-refractivity contribution < 1.29 is 22.7 Å². The van der Waals surface area contributed by atoms with Crippen LogP contribution in [0.3, 0.4) is 0 Å². The fraction of sp³-hybridized carbons (Fsp3) is 0.375. The maximum atomic E-state index is 14.2. The zero-order valence-electron chi connectivity index (χ0n) is 24.5. The predicted octanol–water partition coefficient (Wildman–Crippen LogP) is 5.64. The highest BCUT2D eigenvalue weighted by atomic mass is 35.5. The first-order valence-electron chi connectivity index (χ1n) is 14.1. The van der Waals surface area contributed by atoms with Gasteiger partial charge in [0.15, 0.2) is 0 Å². The summed E-state index contributed by atoms with van der Waals surface area (Å²) < 4.78 is 34.5. The van der Waals surface area contributed by atoms with Gasteiger partial charge in [0.1, 0.15) is 18.3 Å². The molecule has 0 heterocycles. The molecule has 0 bridgehead atoms. The molecule has 4 rings (SSSR count). The molecule has 0 saturated heterocycles. The standard InChI is InChI=1S/C32H38ClN3O5S/c1-22-12-15-29(16-13-22)42(39,40)36(30-17-14-26(33)18-23(30)2)21-31(37)35(20-25-8-7-11-28(19-25)41-4)24(3)32(38)34-27-9-5-6-10-27/h7-8,11-19,24,27H,5-6,9-10,20-21H2,1-4H3,(H,34,38). The van der Waals surface area contributed by atoms with Gasteiger partial charge in [-0.15, -0.1) is 0 Å². The number of nitrogens with one attached hydrogen (secondary N) is 1. The molecule has 1 N–H and O–H groups in total. The lowest BCUT2D eigenvalue weighted by Gasteiger charge is -2.33. The number of halogens is 1. The van der Waals surface area contributed by atoms with E-state index < -0.39 is 28.5 Å². The molecule has 1 saturated carbocycles. The van der Waals surface area contributed by atoms with E-state index in [4.69, 9.17) is 16.3 Å². The second-order valence-electron chi connectivity index (χ2n) is 10.8. The first kappa shape index (κ1) is 31.4. The molecule has 0 spiro atoms. The Morgan fingerprint density at radius 2 is 1.71 bits per heavy atom. The third kappa shape index (κ3) is 7.44. The molecule has 1 aliphatic carbocycles. The second kappa shape index (κ2) is 13.6. The molecule has 0 aromatic heterocycles. The van der Waals surface area contributed by atoms with Crippen molar-refractivity contribution in [1.29, 1.82) is 0 Å². The number of anilines is 1. The van der Waals surface area contributed by atoms with E-state index in [-0.39, 0.29) is 23.4 Å². The van der Waals surface area contributed by atoms with Crippen molar-refractivity contribution in [3.63, 3.8) is 0 Å². The molecular weight excluding hydrogens is 574 g/mol. The smallest absolute Gasteiger partial charge is 0.264 e. The van der Waals surface area contributed by atoms with E-state index in [1.54, 1.807) is 63.4 Å². The molecular formula is C32H38ClN3O5S. The summed E-state index contributed by atoms with van der Waals surface area (Å²) in [5.74, 6) is -0.172. The molecule has 0 radical (unpaired) electrons. The Morgan fingerprint density at radius 1 is 1.02 bits per heavy atom. The normalized spacial score (nSPS) is 14.3. The molecule has 10 heteroatoms. The average molecular weight is 612 g/mol. The van der Waals surface area contributed by atoms with Gasteiger partial charge in [0.05, 0.1) is 17.7 Å². The highest BCUT2D eigenvalue weighted by Gasteiger charge is 2.34. The molecule has 2 amide bonds. The Bertz CT molecular complexity index is 1520. The van der Waals surface area contributed by atoms with Crippen LogP contribution in [0.2, 0.25) is 5.02 Å². The first-order valence-corrected chi connectivity index (χ1v) is 15.9. The van der Waals surface area contributed by atoms with Crippen LogP contribution in [0.25, 0.3) is 0 Å². The number of aryl methyl sites for hydroxylation is 2. The van der Waals surface area contributed by atoms with Crippen LogP contribution in [0, 0.1) is 13.8 Å². The summed E-state index contributed by atoms with van der Waals surface area (Å²) in [6, 6.07) is 17.8. The Labute approximate surface area is 253 Å². The van der Waals surface area contributed by atoms with Gasteiger partial charge < -0.3 is 15.0 Å². The van der Waals surface area contributed by atoms with Gasteiger partial charge in [-0.3, -0.25) is 13.9 Å². The number of nitrogens with zero attached hydrogens (tertiary/aromatic N) is 2.